The van der Waals surface area contributed by atoms with E-state index in [1.807, 2.05) is 20.8 Å². The lowest BCUT2D eigenvalue weighted by atomic mass is 9.99. The standard InChI is InChI=1S/C10H21NO5S.ClH/c1-5-15-9(12)8(11)6-17(13,14)16-7-10(2,3)4;/h8H,5-7,11H2,1-4H3;1H/t8-;/m0./s1. The predicted molar refractivity (Wildman–Crippen MR) is 62.5 cm³/mol. The van der Waals surface area contributed by atoms with Gasteiger partial charge in [-0.05, 0) is 12.3 Å². The Hall–Kier alpha value is -0.370. The molecule has 1 atom stereocenters. The third-order valence-corrected chi connectivity index (χ3v) is 2.98. The number of esters is 1. The zero-order chi connectivity index (χ0) is 13.7. The van der Waals surface area contributed by atoms with Crippen molar-refractivity contribution in [3.05, 3.63) is 0 Å². The van der Waals surface area contributed by atoms with Crippen LogP contribution in [0.3, 0.4) is 0 Å². The number of rotatable bonds is 6. The number of halogens is 1. The third kappa shape index (κ3) is 9.64. The summed E-state index contributed by atoms with van der Waals surface area (Å²) >= 11 is 0. The lowest BCUT2D eigenvalue weighted by Gasteiger charge is -2.17. The van der Waals surface area contributed by atoms with E-state index >= 15 is 0 Å². The summed E-state index contributed by atoms with van der Waals surface area (Å²) in [6.45, 7) is 7.49. The normalized spacial score (nSPS) is 13.6. The molecule has 0 aromatic heterocycles. The number of quaternary nitrogens is 1. The second kappa shape index (κ2) is 7.93. The van der Waals surface area contributed by atoms with Gasteiger partial charge in [-0.1, -0.05) is 20.8 Å². The first-order valence-corrected chi connectivity index (χ1v) is 7.02. The van der Waals surface area contributed by atoms with Crippen molar-refractivity contribution >= 4 is 16.1 Å². The number of hydrogen-bond donors (Lipinski definition) is 1. The quantitative estimate of drug-likeness (QED) is 0.407. The Morgan fingerprint density at radius 1 is 1.33 bits per heavy atom. The van der Waals surface area contributed by atoms with E-state index in [0.29, 0.717) is 0 Å². The van der Waals surface area contributed by atoms with Crippen molar-refractivity contribution in [1.29, 1.82) is 0 Å². The summed E-state index contributed by atoms with van der Waals surface area (Å²) < 4.78 is 32.5. The van der Waals surface area contributed by atoms with E-state index in [1.165, 1.54) is 0 Å². The Balaban J connectivity index is 0. The molecule has 6 nitrogen and oxygen atoms in total. The van der Waals surface area contributed by atoms with Crippen molar-refractivity contribution in [2.45, 2.75) is 33.7 Å². The van der Waals surface area contributed by atoms with Crippen molar-refractivity contribution in [1.82, 2.24) is 0 Å². The van der Waals surface area contributed by atoms with Gasteiger partial charge in [0.2, 0.25) is 0 Å². The molecule has 0 aromatic carbocycles. The van der Waals surface area contributed by atoms with Gasteiger partial charge in [-0.2, -0.15) is 8.42 Å². The fraction of sp³-hybridized carbons (Fsp3) is 0.900. The molecule has 8 heteroatoms. The van der Waals surface area contributed by atoms with E-state index in [4.69, 9.17) is 4.18 Å². The second-order valence-corrected chi connectivity index (χ2v) is 6.68. The molecule has 0 aromatic rings. The monoisotopic (exact) mass is 303 g/mol. The first-order valence-electron chi connectivity index (χ1n) is 5.44. The molecule has 3 N–H and O–H groups in total. The lowest BCUT2D eigenvalue weighted by Crippen LogP contribution is -3.00. The van der Waals surface area contributed by atoms with Crippen molar-refractivity contribution in [3.63, 3.8) is 0 Å². The van der Waals surface area contributed by atoms with E-state index in [0.717, 1.165) is 0 Å². The van der Waals surface area contributed by atoms with Crippen molar-refractivity contribution in [2.24, 2.45) is 5.41 Å². The van der Waals surface area contributed by atoms with Gasteiger partial charge in [0.1, 0.15) is 5.75 Å². The van der Waals surface area contributed by atoms with Gasteiger partial charge in [-0.3, -0.25) is 4.18 Å². The smallest absolute Gasteiger partial charge is 0.365 e. The Morgan fingerprint density at radius 3 is 2.22 bits per heavy atom. The average molecular weight is 304 g/mol. The molecular weight excluding hydrogens is 282 g/mol. The maximum atomic E-state index is 11.5. The zero-order valence-corrected chi connectivity index (χ0v) is 12.8. The van der Waals surface area contributed by atoms with Gasteiger partial charge in [0, 0.05) is 0 Å². The molecule has 0 aliphatic carbocycles. The predicted octanol–water partition coefficient (Wildman–Crippen LogP) is -3.44. The van der Waals surface area contributed by atoms with Crippen LogP contribution in [0.4, 0.5) is 0 Å². The first kappa shape index (κ1) is 20.0. The molecule has 0 heterocycles. The Bertz CT molecular complexity index is 350. The molecule has 0 amide bonds. The Morgan fingerprint density at radius 2 is 1.83 bits per heavy atom. The third-order valence-electron chi connectivity index (χ3n) is 1.70. The molecular formula is C10H22ClNO5S. The SMILES string of the molecule is CCOC(=O)[C@@H]([NH3+])CS(=O)(=O)OCC(C)(C)C.[Cl-]. The van der Waals surface area contributed by atoms with Gasteiger partial charge < -0.3 is 22.9 Å². The van der Waals surface area contributed by atoms with Crippen LogP contribution >= 0.6 is 0 Å². The largest absolute Gasteiger partial charge is 1.00 e. The van der Waals surface area contributed by atoms with Crippen LogP contribution in [0.5, 0.6) is 0 Å². The molecule has 0 aliphatic rings. The molecule has 0 saturated heterocycles. The minimum Gasteiger partial charge on any atom is -1.00 e. The lowest BCUT2D eigenvalue weighted by molar-refractivity contribution is -0.401. The van der Waals surface area contributed by atoms with Crippen LogP contribution in [-0.4, -0.2) is 39.4 Å². The Labute approximate surface area is 115 Å². The minimum atomic E-state index is -3.74. The fourth-order valence-electron chi connectivity index (χ4n) is 0.889. The first-order chi connectivity index (χ1) is 7.57. The highest BCUT2D eigenvalue weighted by Crippen LogP contribution is 2.14. The summed E-state index contributed by atoms with van der Waals surface area (Å²) in [6.07, 6.45) is 0. The molecule has 0 rings (SSSR count). The van der Waals surface area contributed by atoms with Crippen LogP contribution in [0.15, 0.2) is 0 Å². The summed E-state index contributed by atoms with van der Waals surface area (Å²) in [5, 5.41) is 0. The van der Waals surface area contributed by atoms with Crippen LogP contribution in [-0.2, 0) is 23.8 Å². The van der Waals surface area contributed by atoms with Gasteiger partial charge in [0.15, 0.2) is 6.04 Å². The Kier molecular flexibility index (Phi) is 8.80. The van der Waals surface area contributed by atoms with Crippen LogP contribution in [0.25, 0.3) is 0 Å². The zero-order valence-electron chi connectivity index (χ0n) is 11.2. The van der Waals surface area contributed by atoms with E-state index in [1.54, 1.807) is 6.92 Å². The van der Waals surface area contributed by atoms with E-state index < -0.39 is 27.9 Å². The van der Waals surface area contributed by atoms with Crippen molar-refractivity contribution < 1.29 is 40.3 Å². The summed E-state index contributed by atoms with van der Waals surface area (Å²) in [6, 6.07) is -0.958. The van der Waals surface area contributed by atoms with Crippen molar-refractivity contribution in [3.8, 4) is 0 Å². The summed E-state index contributed by atoms with van der Waals surface area (Å²) in [5.41, 5.74) is 3.20. The molecule has 18 heavy (non-hydrogen) atoms. The molecule has 110 valence electrons. The number of carbonyl (C=O) groups is 1. The van der Waals surface area contributed by atoms with Crippen molar-refractivity contribution in [2.75, 3.05) is 19.0 Å². The molecule has 0 radical (unpaired) electrons. The van der Waals surface area contributed by atoms with Crippen LogP contribution in [0.1, 0.15) is 27.7 Å². The topological polar surface area (TPSA) is 97.3 Å². The van der Waals surface area contributed by atoms with Gasteiger partial charge in [0.25, 0.3) is 10.1 Å². The van der Waals surface area contributed by atoms with E-state index in [2.05, 4.69) is 10.5 Å². The van der Waals surface area contributed by atoms with E-state index in [-0.39, 0.29) is 31.0 Å². The summed E-state index contributed by atoms with van der Waals surface area (Å²) in [5.74, 6) is -1.09. The highest BCUT2D eigenvalue weighted by molar-refractivity contribution is 7.86. The van der Waals surface area contributed by atoms with Gasteiger partial charge in [0.05, 0.1) is 13.2 Å². The number of hydrogen-bond acceptors (Lipinski definition) is 5. The summed E-state index contributed by atoms with van der Waals surface area (Å²) in [4.78, 5) is 11.2. The minimum absolute atomic E-state index is 0. The fourth-order valence-corrected chi connectivity index (χ4v) is 2.15. The van der Waals surface area contributed by atoms with Crippen LogP contribution in [0.2, 0.25) is 0 Å². The molecule has 0 aliphatic heterocycles. The summed E-state index contributed by atoms with van der Waals surface area (Å²) in [7, 11) is -3.74. The van der Waals surface area contributed by atoms with Gasteiger partial charge >= 0.3 is 5.97 Å². The average Bonchev–Trinajstić information content (AvgIpc) is 2.14. The molecule has 0 unspecified atom stereocenters. The molecule has 0 saturated carbocycles. The van der Waals surface area contributed by atoms with E-state index in [9.17, 15) is 13.2 Å². The second-order valence-electron chi connectivity index (χ2n) is 5.00. The maximum Gasteiger partial charge on any atom is 0.365 e. The molecule has 0 fully saturated rings. The molecule has 0 bridgehead atoms. The molecule has 0 spiro atoms. The number of carbonyl (C=O) groups excluding carboxylic acids is 1. The maximum absolute atomic E-state index is 11.5. The van der Waals surface area contributed by atoms with Gasteiger partial charge in [-0.15, -0.1) is 0 Å². The highest BCUT2D eigenvalue weighted by Gasteiger charge is 2.28. The van der Waals surface area contributed by atoms with Gasteiger partial charge in [-0.25, -0.2) is 4.79 Å². The number of ether oxygens (including phenoxy) is 1. The van der Waals surface area contributed by atoms with Crippen LogP contribution in [0, 0.1) is 5.41 Å². The van der Waals surface area contributed by atoms with Crippen LogP contribution < -0.4 is 18.1 Å². The highest BCUT2D eigenvalue weighted by atomic mass is 35.5.